The Labute approximate surface area is 79.1 Å². The zero-order valence-electron chi connectivity index (χ0n) is 6.91. The maximum atomic E-state index is 12.6. The molecule has 0 atom stereocenters. The van der Waals surface area contributed by atoms with Gasteiger partial charge in [-0.25, -0.2) is 4.39 Å². The van der Waals surface area contributed by atoms with E-state index in [0.29, 0.717) is 4.90 Å². The number of halogens is 1. The molecule has 0 fully saturated rings. The van der Waals surface area contributed by atoms with E-state index in [1.807, 2.05) is 0 Å². The van der Waals surface area contributed by atoms with Gasteiger partial charge in [-0.1, -0.05) is 6.07 Å². The van der Waals surface area contributed by atoms with Gasteiger partial charge in [0.2, 0.25) is 5.78 Å². The Kier molecular flexibility index (Phi) is 3.19. The average molecular weight is 198 g/mol. The molecular formula is C9H7FO2S. The van der Waals surface area contributed by atoms with Gasteiger partial charge in [0.05, 0.1) is 0 Å². The van der Waals surface area contributed by atoms with Crippen molar-refractivity contribution in [1.29, 1.82) is 0 Å². The molecule has 0 amide bonds. The SMILES string of the molecule is CC(=O)C(=O)Sc1cccc(F)c1. The quantitative estimate of drug-likeness (QED) is 0.538. The third-order valence-corrected chi connectivity index (χ3v) is 2.26. The summed E-state index contributed by atoms with van der Waals surface area (Å²) in [6.07, 6.45) is 0. The molecule has 0 N–H and O–H groups in total. The highest BCUT2D eigenvalue weighted by atomic mass is 32.2. The molecule has 68 valence electrons. The standard InChI is InChI=1S/C9H7FO2S/c1-6(11)9(12)13-8-4-2-3-7(10)5-8/h2-5H,1H3. The molecule has 1 aromatic carbocycles. The lowest BCUT2D eigenvalue weighted by Crippen LogP contribution is -2.03. The van der Waals surface area contributed by atoms with Crippen molar-refractivity contribution in [2.75, 3.05) is 0 Å². The van der Waals surface area contributed by atoms with E-state index in [2.05, 4.69) is 0 Å². The molecule has 0 saturated carbocycles. The lowest BCUT2D eigenvalue weighted by atomic mass is 10.4. The van der Waals surface area contributed by atoms with E-state index < -0.39 is 16.7 Å². The largest absolute Gasteiger partial charge is 0.290 e. The number of ketones is 1. The predicted molar refractivity (Wildman–Crippen MR) is 47.9 cm³/mol. The van der Waals surface area contributed by atoms with Crippen molar-refractivity contribution in [2.24, 2.45) is 0 Å². The topological polar surface area (TPSA) is 34.1 Å². The van der Waals surface area contributed by atoms with Gasteiger partial charge in [0.15, 0.2) is 0 Å². The van der Waals surface area contributed by atoms with Crippen molar-refractivity contribution in [3.63, 3.8) is 0 Å². The van der Waals surface area contributed by atoms with E-state index in [9.17, 15) is 14.0 Å². The fourth-order valence-electron chi connectivity index (χ4n) is 0.709. The molecule has 13 heavy (non-hydrogen) atoms. The van der Waals surface area contributed by atoms with Crippen LogP contribution in [-0.2, 0) is 9.59 Å². The zero-order chi connectivity index (χ0) is 9.84. The molecule has 0 aliphatic heterocycles. The van der Waals surface area contributed by atoms with E-state index in [-0.39, 0.29) is 0 Å². The van der Waals surface area contributed by atoms with Crippen LogP contribution in [0.3, 0.4) is 0 Å². The molecule has 4 heteroatoms. The number of benzene rings is 1. The van der Waals surface area contributed by atoms with Gasteiger partial charge in [-0.3, -0.25) is 9.59 Å². The molecule has 0 spiro atoms. The van der Waals surface area contributed by atoms with E-state index in [1.165, 1.54) is 25.1 Å². The van der Waals surface area contributed by atoms with E-state index >= 15 is 0 Å². The molecular weight excluding hydrogens is 191 g/mol. The molecule has 2 nitrogen and oxygen atoms in total. The first-order valence-corrected chi connectivity index (χ1v) is 4.39. The molecule has 0 heterocycles. The fourth-order valence-corrected chi connectivity index (χ4v) is 1.39. The van der Waals surface area contributed by atoms with Crippen LogP contribution in [0.2, 0.25) is 0 Å². The zero-order valence-corrected chi connectivity index (χ0v) is 7.73. The minimum absolute atomic E-state index is 0.415. The van der Waals surface area contributed by atoms with Gasteiger partial charge in [-0.15, -0.1) is 0 Å². The van der Waals surface area contributed by atoms with Gasteiger partial charge in [0, 0.05) is 11.8 Å². The van der Waals surface area contributed by atoms with Gasteiger partial charge < -0.3 is 0 Å². The summed E-state index contributed by atoms with van der Waals surface area (Å²) in [5.41, 5.74) is 0. The van der Waals surface area contributed by atoms with Crippen LogP contribution in [0.5, 0.6) is 0 Å². The van der Waals surface area contributed by atoms with Crippen LogP contribution in [0, 0.1) is 5.82 Å². The van der Waals surface area contributed by atoms with Crippen LogP contribution in [-0.4, -0.2) is 10.9 Å². The molecule has 1 aromatic rings. The van der Waals surface area contributed by atoms with Gasteiger partial charge in [0.1, 0.15) is 5.82 Å². The minimum atomic E-state index is -0.578. The van der Waals surface area contributed by atoms with Gasteiger partial charge in [-0.2, -0.15) is 0 Å². The van der Waals surface area contributed by atoms with E-state index in [1.54, 1.807) is 6.07 Å². The van der Waals surface area contributed by atoms with E-state index in [4.69, 9.17) is 0 Å². The van der Waals surface area contributed by atoms with Crippen LogP contribution < -0.4 is 0 Å². The van der Waals surface area contributed by atoms with Crippen molar-refractivity contribution >= 4 is 22.7 Å². The molecule has 0 aliphatic rings. The summed E-state index contributed by atoms with van der Waals surface area (Å²) >= 11 is 0.737. The summed E-state index contributed by atoms with van der Waals surface area (Å²) in [5, 5.41) is -0.578. The van der Waals surface area contributed by atoms with Crippen LogP contribution >= 0.6 is 11.8 Å². The molecule has 1 rings (SSSR count). The van der Waals surface area contributed by atoms with Gasteiger partial charge >= 0.3 is 0 Å². The fraction of sp³-hybridized carbons (Fsp3) is 0.111. The molecule has 0 unspecified atom stereocenters. The van der Waals surface area contributed by atoms with Crippen molar-refractivity contribution in [2.45, 2.75) is 11.8 Å². The number of rotatable bonds is 2. The second kappa shape index (κ2) is 4.18. The normalized spacial score (nSPS) is 9.69. The maximum absolute atomic E-state index is 12.6. The highest BCUT2D eigenvalue weighted by molar-refractivity contribution is 8.15. The highest BCUT2D eigenvalue weighted by Gasteiger charge is 2.09. The van der Waals surface area contributed by atoms with Gasteiger partial charge in [-0.05, 0) is 30.0 Å². The van der Waals surface area contributed by atoms with Crippen molar-refractivity contribution in [3.05, 3.63) is 30.1 Å². The van der Waals surface area contributed by atoms with Crippen LogP contribution in [0.4, 0.5) is 4.39 Å². The first-order chi connectivity index (χ1) is 6.09. The number of hydrogen-bond donors (Lipinski definition) is 0. The summed E-state index contributed by atoms with van der Waals surface area (Å²) in [7, 11) is 0. The van der Waals surface area contributed by atoms with Crippen LogP contribution in [0.25, 0.3) is 0 Å². The number of hydrogen-bond acceptors (Lipinski definition) is 3. The Balaban J connectivity index is 2.75. The summed E-state index contributed by atoms with van der Waals surface area (Å²) in [6.45, 7) is 1.19. The van der Waals surface area contributed by atoms with Crippen molar-refractivity contribution in [1.82, 2.24) is 0 Å². The second-order valence-corrected chi connectivity index (χ2v) is 3.45. The summed E-state index contributed by atoms with van der Waals surface area (Å²) in [5.74, 6) is -0.949. The molecule has 0 radical (unpaired) electrons. The smallest absolute Gasteiger partial charge is 0.259 e. The third kappa shape index (κ3) is 2.99. The summed E-state index contributed by atoms with van der Waals surface area (Å²) in [4.78, 5) is 21.9. The minimum Gasteiger partial charge on any atom is -0.290 e. The second-order valence-electron chi connectivity index (χ2n) is 2.40. The number of Topliss-reactive ketones (excluding diaryl/α,β-unsaturated/α-hetero) is 1. The Morgan fingerprint density at radius 2 is 2.08 bits per heavy atom. The van der Waals surface area contributed by atoms with E-state index in [0.717, 1.165) is 11.8 Å². The Bertz CT molecular complexity index is 349. The molecule has 0 aromatic heterocycles. The van der Waals surface area contributed by atoms with Crippen molar-refractivity contribution < 1.29 is 14.0 Å². The van der Waals surface area contributed by atoms with Crippen LogP contribution in [0.1, 0.15) is 6.92 Å². The molecule has 0 aliphatic carbocycles. The lowest BCUT2D eigenvalue weighted by molar-refractivity contribution is -0.130. The maximum Gasteiger partial charge on any atom is 0.259 e. The summed E-state index contributed by atoms with van der Waals surface area (Å²) in [6, 6.07) is 5.56. The first kappa shape index (κ1) is 9.92. The summed E-state index contributed by atoms with van der Waals surface area (Å²) < 4.78 is 12.6. The predicted octanol–water partition coefficient (Wildman–Crippen LogP) is 2.03. The molecule has 0 saturated heterocycles. The monoisotopic (exact) mass is 198 g/mol. The number of carbonyl (C=O) groups is 2. The lowest BCUT2D eigenvalue weighted by Gasteiger charge is -1.96. The van der Waals surface area contributed by atoms with Gasteiger partial charge in [0.25, 0.3) is 5.12 Å². The Hall–Kier alpha value is -1.16. The van der Waals surface area contributed by atoms with Crippen molar-refractivity contribution in [3.8, 4) is 0 Å². The number of thioether (sulfide) groups is 1. The molecule has 0 bridgehead atoms. The Morgan fingerprint density at radius 1 is 1.38 bits per heavy atom. The average Bonchev–Trinajstić information content (AvgIpc) is 2.04. The number of carbonyl (C=O) groups excluding carboxylic acids is 2. The highest BCUT2D eigenvalue weighted by Crippen LogP contribution is 2.19. The van der Waals surface area contributed by atoms with Crippen LogP contribution in [0.15, 0.2) is 29.2 Å². The third-order valence-electron chi connectivity index (χ3n) is 1.29. The Morgan fingerprint density at radius 3 is 2.62 bits per heavy atom. The first-order valence-electron chi connectivity index (χ1n) is 3.58.